The number of hydrogen-bond donors (Lipinski definition) is 2. The number of halogens is 1. The molecule has 0 aliphatic heterocycles. The maximum absolute atomic E-state index is 12.0. The van der Waals surface area contributed by atoms with Gasteiger partial charge >= 0.3 is 0 Å². The van der Waals surface area contributed by atoms with Gasteiger partial charge in [0.05, 0.1) is 15.6 Å². The SMILES string of the molecule is Nc1cc(C(=O)NCc2ccccc2[N+](=O)[O-])ccc1Cl. The van der Waals surface area contributed by atoms with E-state index in [2.05, 4.69) is 5.32 Å². The van der Waals surface area contributed by atoms with E-state index in [9.17, 15) is 14.9 Å². The average molecular weight is 306 g/mol. The number of nitrogen functional groups attached to an aromatic ring is 1. The monoisotopic (exact) mass is 305 g/mol. The second kappa shape index (κ2) is 6.23. The Labute approximate surface area is 125 Å². The van der Waals surface area contributed by atoms with Crippen molar-refractivity contribution >= 4 is 28.9 Å². The van der Waals surface area contributed by atoms with E-state index in [1.807, 2.05) is 0 Å². The molecule has 0 fully saturated rings. The fourth-order valence-electron chi connectivity index (χ4n) is 1.80. The van der Waals surface area contributed by atoms with Crippen LogP contribution in [0, 0.1) is 10.1 Å². The first-order valence-electron chi connectivity index (χ1n) is 6.04. The molecule has 0 atom stereocenters. The molecule has 0 aliphatic rings. The molecule has 7 heteroatoms. The van der Waals surface area contributed by atoms with Crippen molar-refractivity contribution in [3.05, 3.63) is 68.7 Å². The minimum absolute atomic E-state index is 0.0339. The summed E-state index contributed by atoms with van der Waals surface area (Å²) < 4.78 is 0. The van der Waals surface area contributed by atoms with E-state index in [-0.39, 0.29) is 18.1 Å². The van der Waals surface area contributed by atoms with Gasteiger partial charge in [-0.3, -0.25) is 14.9 Å². The first-order valence-corrected chi connectivity index (χ1v) is 6.42. The van der Waals surface area contributed by atoms with E-state index in [0.29, 0.717) is 21.8 Å². The normalized spacial score (nSPS) is 10.1. The lowest BCUT2D eigenvalue weighted by Crippen LogP contribution is -2.23. The topological polar surface area (TPSA) is 98.3 Å². The van der Waals surface area contributed by atoms with Crippen LogP contribution in [-0.2, 0) is 6.54 Å². The molecule has 108 valence electrons. The number of nitrogens with zero attached hydrogens (tertiary/aromatic N) is 1. The Hall–Kier alpha value is -2.60. The summed E-state index contributed by atoms with van der Waals surface area (Å²) >= 11 is 5.78. The molecule has 0 aliphatic carbocycles. The van der Waals surface area contributed by atoms with Crippen LogP contribution in [0.25, 0.3) is 0 Å². The zero-order valence-electron chi connectivity index (χ0n) is 10.9. The van der Waals surface area contributed by atoms with Crippen LogP contribution < -0.4 is 11.1 Å². The van der Waals surface area contributed by atoms with Crippen molar-refractivity contribution in [1.82, 2.24) is 5.32 Å². The van der Waals surface area contributed by atoms with Gasteiger partial charge in [0.25, 0.3) is 11.6 Å². The average Bonchev–Trinajstić information content (AvgIpc) is 2.47. The van der Waals surface area contributed by atoms with Crippen LogP contribution in [0.3, 0.4) is 0 Å². The number of carbonyl (C=O) groups excluding carboxylic acids is 1. The lowest BCUT2D eigenvalue weighted by molar-refractivity contribution is -0.385. The fourth-order valence-corrected chi connectivity index (χ4v) is 1.92. The number of amides is 1. The van der Waals surface area contributed by atoms with Gasteiger partial charge in [-0.15, -0.1) is 0 Å². The molecule has 6 nitrogen and oxygen atoms in total. The number of nitrogens with two attached hydrogens (primary N) is 1. The Kier molecular flexibility index (Phi) is 4.39. The molecule has 0 saturated carbocycles. The van der Waals surface area contributed by atoms with Gasteiger partial charge in [-0.25, -0.2) is 0 Å². The van der Waals surface area contributed by atoms with E-state index < -0.39 is 4.92 Å². The number of nitro benzene ring substituents is 1. The van der Waals surface area contributed by atoms with Crippen molar-refractivity contribution in [2.45, 2.75) is 6.54 Å². The van der Waals surface area contributed by atoms with Crippen LogP contribution in [0.1, 0.15) is 15.9 Å². The van der Waals surface area contributed by atoms with Crippen molar-refractivity contribution in [3.63, 3.8) is 0 Å². The minimum Gasteiger partial charge on any atom is -0.398 e. The third kappa shape index (κ3) is 3.49. The Bertz CT molecular complexity index is 704. The van der Waals surface area contributed by atoms with Crippen LogP contribution >= 0.6 is 11.6 Å². The van der Waals surface area contributed by atoms with Gasteiger partial charge in [0.2, 0.25) is 0 Å². The number of para-hydroxylation sites is 1. The van der Waals surface area contributed by atoms with Gasteiger partial charge in [0.15, 0.2) is 0 Å². The Morgan fingerprint density at radius 1 is 1.29 bits per heavy atom. The summed E-state index contributed by atoms with van der Waals surface area (Å²) in [5.41, 5.74) is 6.67. The van der Waals surface area contributed by atoms with Crippen LogP contribution in [0.2, 0.25) is 5.02 Å². The summed E-state index contributed by atoms with van der Waals surface area (Å²) in [4.78, 5) is 22.4. The first-order chi connectivity index (χ1) is 9.99. The fraction of sp³-hybridized carbons (Fsp3) is 0.0714. The summed E-state index contributed by atoms with van der Waals surface area (Å²) in [6.07, 6.45) is 0. The predicted octanol–water partition coefficient (Wildman–Crippen LogP) is 2.76. The second-order valence-corrected chi connectivity index (χ2v) is 4.71. The van der Waals surface area contributed by atoms with Crippen molar-refractivity contribution in [3.8, 4) is 0 Å². The molecule has 2 aromatic carbocycles. The molecule has 0 radical (unpaired) electrons. The molecule has 2 rings (SSSR count). The molecular weight excluding hydrogens is 294 g/mol. The number of anilines is 1. The highest BCUT2D eigenvalue weighted by Gasteiger charge is 2.14. The van der Waals surface area contributed by atoms with Crippen LogP contribution in [-0.4, -0.2) is 10.8 Å². The third-order valence-electron chi connectivity index (χ3n) is 2.89. The number of hydrogen-bond acceptors (Lipinski definition) is 4. The van der Waals surface area contributed by atoms with Gasteiger partial charge in [-0.05, 0) is 18.2 Å². The quantitative estimate of drug-likeness (QED) is 0.515. The van der Waals surface area contributed by atoms with Crippen molar-refractivity contribution in [2.75, 3.05) is 5.73 Å². The van der Waals surface area contributed by atoms with Gasteiger partial charge in [0.1, 0.15) is 0 Å². The van der Waals surface area contributed by atoms with Gasteiger partial charge in [-0.2, -0.15) is 0 Å². The highest BCUT2D eigenvalue weighted by Crippen LogP contribution is 2.20. The Morgan fingerprint density at radius 3 is 2.67 bits per heavy atom. The third-order valence-corrected chi connectivity index (χ3v) is 3.23. The standard InChI is InChI=1S/C14H12ClN3O3/c15-11-6-5-9(7-12(11)16)14(19)17-8-10-3-1-2-4-13(10)18(20)21/h1-7H,8,16H2,(H,17,19). The van der Waals surface area contributed by atoms with Crippen molar-refractivity contribution in [2.24, 2.45) is 0 Å². The van der Waals surface area contributed by atoms with Gasteiger partial charge in [0, 0.05) is 23.7 Å². The van der Waals surface area contributed by atoms with Crippen LogP contribution in [0.5, 0.6) is 0 Å². The lowest BCUT2D eigenvalue weighted by Gasteiger charge is -2.07. The minimum atomic E-state index is -0.484. The van der Waals surface area contributed by atoms with E-state index in [1.54, 1.807) is 18.2 Å². The molecule has 21 heavy (non-hydrogen) atoms. The number of carbonyl (C=O) groups is 1. The second-order valence-electron chi connectivity index (χ2n) is 4.30. The van der Waals surface area contributed by atoms with Crippen LogP contribution in [0.15, 0.2) is 42.5 Å². The number of nitrogens with one attached hydrogen (secondary N) is 1. The molecule has 0 saturated heterocycles. The lowest BCUT2D eigenvalue weighted by atomic mass is 10.1. The number of nitro groups is 1. The maximum Gasteiger partial charge on any atom is 0.274 e. The van der Waals surface area contributed by atoms with Gasteiger partial charge < -0.3 is 11.1 Å². The first kappa shape index (κ1) is 14.8. The zero-order chi connectivity index (χ0) is 15.4. The van der Waals surface area contributed by atoms with Crippen molar-refractivity contribution in [1.29, 1.82) is 0 Å². The zero-order valence-corrected chi connectivity index (χ0v) is 11.6. The Balaban J connectivity index is 2.11. The molecule has 3 N–H and O–H groups in total. The predicted molar refractivity (Wildman–Crippen MR) is 80.1 cm³/mol. The maximum atomic E-state index is 12.0. The summed E-state index contributed by atoms with van der Waals surface area (Å²) in [6, 6.07) is 10.7. The highest BCUT2D eigenvalue weighted by molar-refractivity contribution is 6.33. The molecule has 0 bridgehead atoms. The van der Waals surface area contributed by atoms with E-state index in [1.165, 1.54) is 24.3 Å². The molecule has 0 spiro atoms. The number of benzene rings is 2. The molecule has 0 heterocycles. The summed E-state index contributed by atoms with van der Waals surface area (Å²) in [5, 5.41) is 13.9. The smallest absolute Gasteiger partial charge is 0.274 e. The van der Waals surface area contributed by atoms with Crippen LogP contribution in [0.4, 0.5) is 11.4 Å². The molecule has 0 aromatic heterocycles. The summed E-state index contributed by atoms with van der Waals surface area (Å²) in [5.74, 6) is -0.378. The van der Waals surface area contributed by atoms with E-state index in [0.717, 1.165) is 0 Å². The molecule has 2 aromatic rings. The van der Waals surface area contributed by atoms with E-state index in [4.69, 9.17) is 17.3 Å². The van der Waals surface area contributed by atoms with E-state index >= 15 is 0 Å². The Morgan fingerprint density at radius 2 is 2.00 bits per heavy atom. The highest BCUT2D eigenvalue weighted by atomic mass is 35.5. The van der Waals surface area contributed by atoms with Crippen molar-refractivity contribution < 1.29 is 9.72 Å². The largest absolute Gasteiger partial charge is 0.398 e. The molecule has 1 amide bonds. The molecule has 0 unspecified atom stereocenters. The number of rotatable bonds is 4. The van der Waals surface area contributed by atoms with Gasteiger partial charge in [-0.1, -0.05) is 29.8 Å². The molecular formula is C14H12ClN3O3. The summed E-state index contributed by atoms with van der Waals surface area (Å²) in [7, 11) is 0. The summed E-state index contributed by atoms with van der Waals surface area (Å²) in [6.45, 7) is 0.0541.